The smallest absolute Gasteiger partial charge is 0.256 e. The summed E-state index contributed by atoms with van der Waals surface area (Å²) in [5.41, 5.74) is 5.08. The van der Waals surface area contributed by atoms with Crippen LogP contribution in [-0.4, -0.2) is 27.8 Å². The van der Waals surface area contributed by atoms with Gasteiger partial charge in [0.05, 0.1) is 12.0 Å². The average molecular weight is 379 g/mol. The van der Waals surface area contributed by atoms with Gasteiger partial charge in [0.1, 0.15) is 6.04 Å². The Morgan fingerprint density at radius 3 is 2.79 bits per heavy atom. The Bertz CT molecular complexity index is 869. The number of benzene rings is 1. The van der Waals surface area contributed by atoms with Crippen LogP contribution in [0.3, 0.4) is 0 Å². The molecule has 1 aliphatic carbocycles. The third-order valence-electron chi connectivity index (χ3n) is 5.00. The standard InChI is InChI=1S/C21H25N5O2/c1-2-15-10-17(9-8-16(15)7-6-14-4-3-5-14)20(27)25-19(21(28)26-22)11-18-12-23-13-24-18/h2,6-10,12-14,19H,1,3-5,11,22H2,(H,23,24)(H,25,27)(H,26,28)/b7-6+. The normalized spacial score (nSPS) is 15.0. The zero-order chi connectivity index (χ0) is 19.9. The number of carbonyl (C=O) groups excluding carboxylic acids is 2. The van der Waals surface area contributed by atoms with Crippen LogP contribution in [0.1, 0.15) is 46.4 Å². The molecule has 0 radical (unpaired) electrons. The highest BCUT2D eigenvalue weighted by Crippen LogP contribution is 2.28. The van der Waals surface area contributed by atoms with E-state index in [9.17, 15) is 9.59 Å². The van der Waals surface area contributed by atoms with Crippen LogP contribution in [0, 0.1) is 5.92 Å². The van der Waals surface area contributed by atoms with Crippen molar-refractivity contribution in [2.45, 2.75) is 31.7 Å². The number of nitrogens with zero attached hydrogens (tertiary/aromatic N) is 1. The second kappa shape index (κ2) is 9.14. The lowest BCUT2D eigenvalue weighted by atomic mass is 9.85. The average Bonchev–Trinajstić information content (AvgIpc) is 3.18. The number of hydrazine groups is 1. The minimum Gasteiger partial charge on any atom is -0.351 e. The first-order valence-corrected chi connectivity index (χ1v) is 9.34. The first kappa shape index (κ1) is 19.6. The highest BCUT2D eigenvalue weighted by molar-refractivity contribution is 5.98. The summed E-state index contributed by atoms with van der Waals surface area (Å²) in [6.45, 7) is 3.85. The minimum absolute atomic E-state index is 0.231. The van der Waals surface area contributed by atoms with Crippen LogP contribution in [-0.2, 0) is 11.2 Å². The molecule has 28 heavy (non-hydrogen) atoms. The zero-order valence-corrected chi connectivity index (χ0v) is 15.7. The Morgan fingerprint density at radius 2 is 2.18 bits per heavy atom. The van der Waals surface area contributed by atoms with Crippen LogP contribution in [0.5, 0.6) is 0 Å². The van der Waals surface area contributed by atoms with E-state index in [1.165, 1.54) is 25.6 Å². The van der Waals surface area contributed by atoms with Gasteiger partial charge in [0.15, 0.2) is 0 Å². The lowest BCUT2D eigenvalue weighted by Gasteiger charge is -2.21. The van der Waals surface area contributed by atoms with Gasteiger partial charge in [-0.15, -0.1) is 0 Å². The summed E-state index contributed by atoms with van der Waals surface area (Å²) in [5.74, 6) is 5.06. The maximum Gasteiger partial charge on any atom is 0.256 e. The van der Waals surface area contributed by atoms with Crippen molar-refractivity contribution in [1.29, 1.82) is 0 Å². The Balaban J connectivity index is 1.73. The topological polar surface area (TPSA) is 113 Å². The van der Waals surface area contributed by atoms with Crippen molar-refractivity contribution in [3.8, 4) is 0 Å². The van der Waals surface area contributed by atoms with E-state index in [1.807, 2.05) is 6.07 Å². The third-order valence-corrected chi connectivity index (χ3v) is 5.00. The predicted molar refractivity (Wildman–Crippen MR) is 109 cm³/mol. The summed E-state index contributed by atoms with van der Waals surface area (Å²) in [6, 6.07) is 4.59. The summed E-state index contributed by atoms with van der Waals surface area (Å²) < 4.78 is 0. The second-order valence-corrected chi connectivity index (χ2v) is 6.90. The lowest BCUT2D eigenvalue weighted by molar-refractivity contribution is -0.123. The fourth-order valence-electron chi connectivity index (χ4n) is 3.08. The largest absolute Gasteiger partial charge is 0.351 e. The Kier molecular flexibility index (Phi) is 6.39. The highest BCUT2D eigenvalue weighted by atomic mass is 16.2. The van der Waals surface area contributed by atoms with Crippen molar-refractivity contribution < 1.29 is 9.59 Å². The molecule has 1 unspecified atom stereocenters. The number of nitrogens with one attached hydrogen (secondary N) is 3. The molecule has 1 fully saturated rings. The second-order valence-electron chi connectivity index (χ2n) is 6.90. The summed E-state index contributed by atoms with van der Waals surface area (Å²) in [7, 11) is 0. The van der Waals surface area contributed by atoms with Gasteiger partial charge in [-0.25, -0.2) is 10.8 Å². The Labute approximate surface area is 164 Å². The van der Waals surface area contributed by atoms with E-state index in [-0.39, 0.29) is 12.3 Å². The third kappa shape index (κ3) is 4.75. The number of nitrogens with two attached hydrogens (primary N) is 1. The molecular formula is C21H25N5O2. The molecule has 1 aromatic heterocycles. The van der Waals surface area contributed by atoms with Gasteiger partial charge in [0.2, 0.25) is 0 Å². The van der Waals surface area contributed by atoms with Crippen LogP contribution < -0.4 is 16.6 Å². The number of aromatic nitrogens is 2. The van der Waals surface area contributed by atoms with E-state index >= 15 is 0 Å². The number of allylic oxidation sites excluding steroid dienone is 1. The number of H-pyrrole nitrogens is 1. The molecule has 2 aromatic rings. The van der Waals surface area contributed by atoms with Crippen LogP contribution in [0.15, 0.2) is 43.4 Å². The van der Waals surface area contributed by atoms with Crippen molar-refractivity contribution >= 4 is 24.0 Å². The monoisotopic (exact) mass is 379 g/mol. The molecule has 7 heteroatoms. The molecule has 3 rings (SSSR count). The van der Waals surface area contributed by atoms with E-state index in [0.717, 1.165) is 11.1 Å². The quantitative estimate of drug-likeness (QED) is 0.320. The van der Waals surface area contributed by atoms with Crippen LogP contribution in [0.2, 0.25) is 0 Å². The first-order valence-electron chi connectivity index (χ1n) is 9.34. The van der Waals surface area contributed by atoms with Gasteiger partial charge in [0, 0.05) is 18.2 Å². The molecule has 0 saturated heterocycles. The molecule has 5 N–H and O–H groups in total. The molecule has 1 heterocycles. The predicted octanol–water partition coefficient (Wildman–Crippen LogP) is 2.20. The Morgan fingerprint density at radius 1 is 1.36 bits per heavy atom. The molecule has 146 valence electrons. The molecule has 1 aromatic carbocycles. The minimum atomic E-state index is -0.828. The molecule has 7 nitrogen and oxygen atoms in total. The lowest BCUT2D eigenvalue weighted by Crippen LogP contribution is -2.50. The van der Waals surface area contributed by atoms with Gasteiger partial charge in [-0.2, -0.15) is 0 Å². The molecule has 0 aliphatic heterocycles. The summed E-state index contributed by atoms with van der Waals surface area (Å²) in [4.78, 5) is 31.7. The van der Waals surface area contributed by atoms with E-state index in [1.54, 1.807) is 24.4 Å². The van der Waals surface area contributed by atoms with Crippen molar-refractivity contribution in [3.63, 3.8) is 0 Å². The first-order chi connectivity index (χ1) is 13.6. The van der Waals surface area contributed by atoms with E-state index < -0.39 is 11.9 Å². The van der Waals surface area contributed by atoms with Crippen LogP contribution in [0.4, 0.5) is 0 Å². The van der Waals surface area contributed by atoms with Crippen molar-refractivity contribution in [2.24, 2.45) is 11.8 Å². The highest BCUT2D eigenvalue weighted by Gasteiger charge is 2.22. The fourth-order valence-corrected chi connectivity index (χ4v) is 3.08. The van der Waals surface area contributed by atoms with Gasteiger partial charge in [0.25, 0.3) is 11.8 Å². The van der Waals surface area contributed by atoms with E-state index in [4.69, 9.17) is 5.84 Å². The molecule has 1 atom stereocenters. The van der Waals surface area contributed by atoms with Crippen LogP contribution >= 0.6 is 0 Å². The van der Waals surface area contributed by atoms with E-state index in [0.29, 0.717) is 17.2 Å². The number of imidazole rings is 1. The summed E-state index contributed by atoms with van der Waals surface area (Å²) >= 11 is 0. The van der Waals surface area contributed by atoms with Crippen molar-refractivity contribution in [2.75, 3.05) is 0 Å². The number of amides is 2. The zero-order valence-electron chi connectivity index (χ0n) is 15.7. The number of rotatable bonds is 8. The SMILES string of the molecule is C=Cc1cc(C(=O)NC(Cc2c[nH]cn2)C(=O)NN)ccc1/C=C/C1CCC1. The van der Waals surface area contributed by atoms with Crippen LogP contribution in [0.25, 0.3) is 12.2 Å². The van der Waals surface area contributed by atoms with Gasteiger partial charge < -0.3 is 10.3 Å². The Hall–Kier alpha value is -3.19. The van der Waals surface area contributed by atoms with Gasteiger partial charge in [-0.3, -0.25) is 15.0 Å². The summed E-state index contributed by atoms with van der Waals surface area (Å²) in [5, 5.41) is 2.72. The fraction of sp³-hybridized carbons (Fsp3) is 0.286. The van der Waals surface area contributed by atoms with Gasteiger partial charge in [-0.1, -0.05) is 37.3 Å². The molecule has 1 aliphatic rings. The maximum absolute atomic E-state index is 12.7. The number of carbonyl (C=O) groups is 2. The molecular weight excluding hydrogens is 354 g/mol. The number of aromatic amines is 1. The van der Waals surface area contributed by atoms with Crippen molar-refractivity contribution in [3.05, 3.63) is 65.8 Å². The van der Waals surface area contributed by atoms with E-state index in [2.05, 4.69) is 39.4 Å². The van der Waals surface area contributed by atoms with Gasteiger partial charge >= 0.3 is 0 Å². The molecule has 0 bridgehead atoms. The van der Waals surface area contributed by atoms with Crippen molar-refractivity contribution in [1.82, 2.24) is 20.7 Å². The molecule has 0 spiro atoms. The van der Waals surface area contributed by atoms with Gasteiger partial charge in [-0.05, 0) is 42.0 Å². The maximum atomic E-state index is 12.7. The summed E-state index contributed by atoms with van der Waals surface area (Å²) in [6.07, 6.45) is 13.2. The molecule has 1 saturated carbocycles. The number of hydrogen-bond acceptors (Lipinski definition) is 4. The molecule has 2 amide bonds. The number of hydrogen-bond donors (Lipinski definition) is 4.